The Kier molecular flexibility index (Phi) is 5.98. The molecule has 1 heterocycles. The van der Waals surface area contributed by atoms with Crippen LogP contribution in [0.15, 0.2) is 46.3 Å². The molecule has 0 aliphatic carbocycles. The number of amides is 1. The lowest BCUT2D eigenvalue weighted by Gasteiger charge is -2.13. The van der Waals surface area contributed by atoms with E-state index in [4.69, 9.17) is 0 Å². The highest BCUT2D eigenvalue weighted by Gasteiger charge is 2.16. The molecule has 5 nitrogen and oxygen atoms in total. The van der Waals surface area contributed by atoms with Gasteiger partial charge in [0.2, 0.25) is 5.91 Å². The van der Waals surface area contributed by atoms with Gasteiger partial charge in [-0.2, -0.15) is 0 Å². The monoisotopic (exact) mass is 331 g/mol. The van der Waals surface area contributed by atoms with E-state index in [-0.39, 0.29) is 16.7 Å². The number of aryl methyl sites for hydroxylation is 1. The summed E-state index contributed by atoms with van der Waals surface area (Å²) in [7, 11) is 1.66. The minimum absolute atomic E-state index is 0.0540. The van der Waals surface area contributed by atoms with E-state index in [1.807, 2.05) is 37.3 Å². The Morgan fingerprint density at radius 3 is 2.74 bits per heavy atom. The fourth-order valence-electron chi connectivity index (χ4n) is 2.06. The van der Waals surface area contributed by atoms with E-state index in [0.29, 0.717) is 17.4 Å². The Balaban J connectivity index is 1.89. The van der Waals surface area contributed by atoms with Gasteiger partial charge in [-0.15, -0.1) is 0 Å². The first-order valence-electron chi connectivity index (χ1n) is 7.50. The second-order valence-corrected chi connectivity index (χ2v) is 6.67. The summed E-state index contributed by atoms with van der Waals surface area (Å²) in [6, 6.07) is 11.5. The molecule has 0 fully saturated rings. The van der Waals surface area contributed by atoms with Crippen LogP contribution in [0, 0.1) is 6.92 Å². The second-order valence-electron chi connectivity index (χ2n) is 5.36. The van der Waals surface area contributed by atoms with Crippen molar-refractivity contribution in [2.24, 2.45) is 7.05 Å². The maximum atomic E-state index is 12.2. The molecule has 0 spiro atoms. The maximum absolute atomic E-state index is 12.2. The van der Waals surface area contributed by atoms with E-state index in [1.54, 1.807) is 14.0 Å². The molecule has 0 radical (unpaired) electrons. The van der Waals surface area contributed by atoms with Crippen LogP contribution in [-0.4, -0.2) is 27.3 Å². The van der Waals surface area contributed by atoms with Crippen LogP contribution in [0.3, 0.4) is 0 Å². The molecule has 0 saturated carbocycles. The summed E-state index contributed by atoms with van der Waals surface area (Å²) in [4.78, 5) is 28.3. The van der Waals surface area contributed by atoms with Crippen LogP contribution in [0.25, 0.3) is 0 Å². The van der Waals surface area contributed by atoms with Crippen molar-refractivity contribution in [2.75, 3.05) is 6.54 Å². The normalized spacial score (nSPS) is 12.0. The molecule has 1 atom stereocenters. The third-order valence-electron chi connectivity index (χ3n) is 3.43. The van der Waals surface area contributed by atoms with E-state index in [2.05, 4.69) is 10.3 Å². The lowest BCUT2D eigenvalue weighted by atomic mass is 10.1. The van der Waals surface area contributed by atoms with Gasteiger partial charge in [0.25, 0.3) is 5.56 Å². The average molecular weight is 331 g/mol. The third kappa shape index (κ3) is 4.96. The molecular formula is C17H21N3O2S. The quantitative estimate of drug-likeness (QED) is 0.649. The van der Waals surface area contributed by atoms with Crippen molar-refractivity contribution < 1.29 is 4.79 Å². The zero-order chi connectivity index (χ0) is 16.8. The minimum atomic E-state index is -0.314. The number of hydrogen-bond donors (Lipinski definition) is 1. The number of thioether (sulfide) groups is 1. The van der Waals surface area contributed by atoms with Gasteiger partial charge >= 0.3 is 0 Å². The molecule has 6 heteroatoms. The van der Waals surface area contributed by atoms with Crippen molar-refractivity contribution in [2.45, 2.75) is 30.7 Å². The van der Waals surface area contributed by atoms with Crippen molar-refractivity contribution >= 4 is 17.7 Å². The highest BCUT2D eigenvalue weighted by atomic mass is 32.2. The number of nitrogens with zero attached hydrogens (tertiary/aromatic N) is 2. The van der Waals surface area contributed by atoms with Gasteiger partial charge in [-0.3, -0.25) is 14.2 Å². The van der Waals surface area contributed by atoms with Crippen LogP contribution in [-0.2, 0) is 18.3 Å². The minimum Gasteiger partial charge on any atom is -0.355 e. The molecular weight excluding hydrogens is 310 g/mol. The van der Waals surface area contributed by atoms with Gasteiger partial charge in [-0.05, 0) is 25.8 Å². The van der Waals surface area contributed by atoms with Crippen LogP contribution in [0.5, 0.6) is 0 Å². The van der Waals surface area contributed by atoms with E-state index in [1.165, 1.54) is 28.0 Å². The Bertz CT molecular complexity index is 728. The SMILES string of the molecule is Cc1cc(=O)n(C)c(SC(C)C(=O)NCCc2ccccc2)n1. The van der Waals surface area contributed by atoms with E-state index < -0.39 is 0 Å². The molecule has 23 heavy (non-hydrogen) atoms. The number of hydrogen-bond acceptors (Lipinski definition) is 4. The topological polar surface area (TPSA) is 64.0 Å². The highest BCUT2D eigenvalue weighted by Crippen LogP contribution is 2.19. The molecule has 1 unspecified atom stereocenters. The molecule has 0 aliphatic heterocycles. The predicted octanol–water partition coefficient (Wildman–Crippen LogP) is 1.93. The van der Waals surface area contributed by atoms with Crippen LogP contribution < -0.4 is 10.9 Å². The Hall–Kier alpha value is -2.08. The fraction of sp³-hybridized carbons (Fsp3) is 0.353. The summed E-state index contributed by atoms with van der Waals surface area (Å²) < 4.78 is 1.46. The number of benzene rings is 1. The largest absolute Gasteiger partial charge is 0.355 e. The van der Waals surface area contributed by atoms with Crippen molar-refractivity contribution in [3.63, 3.8) is 0 Å². The van der Waals surface area contributed by atoms with Gasteiger partial charge in [-0.25, -0.2) is 4.98 Å². The first-order valence-corrected chi connectivity index (χ1v) is 8.38. The van der Waals surface area contributed by atoms with Gasteiger partial charge < -0.3 is 5.32 Å². The van der Waals surface area contributed by atoms with Crippen molar-refractivity contribution in [1.82, 2.24) is 14.9 Å². The lowest BCUT2D eigenvalue weighted by Crippen LogP contribution is -2.33. The zero-order valence-electron chi connectivity index (χ0n) is 13.6. The molecule has 2 rings (SSSR count). The number of carbonyl (C=O) groups excluding carboxylic acids is 1. The predicted molar refractivity (Wildman–Crippen MR) is 92.7 cm³/mol. The maximum Gasteiger partial charge on any atom is 0.254 e. The van der Waals surface area contributed by atoms with Crippen LogP contribution in [0.1, 0.15) is 18.2 Å². The van der Waals surface area contributed by atoms with Crippen LogP contribution >= 0.6 is 11.8 Å². The molecule has 1 aromatic carbocycles. The molecule has 0 bridgehead atoms. The smallest absolute Gasteiger partial charge is 0.254 e. The molecule has 1 amide bonds. The molecule has 1 aromatic heterocycles. The summed E-state index contributed by atoms with van der Waals surface area (Å²) in [5.41, 5.74) is 1.74. The number of carbonyl (C=O) groups is 1. The van der Waals surface area contributed by atoms with Crippen LogP contribution in [0.4, 0.5) is 0 Å². The Morgan fingerprint density at radius 2 is 2.04 bits per heavy atom. The summed E-state index contributed by atoms with van der Waals surface area (Å²) >= 11 is 1.29. The van der Waals surface area contributed by atoms with Gasteiger partial charge in [0.1, 0.15) is 0 Å². The van der Waals surface area contributed by atoms with E-state index >= 15 is 0 Å². The molecule has 1 N–H and O–H groups in total. The summed E-state index contributed by atoms with van der Waals surface area (Å²) in [5, 5.41) is 3.17. The number of nitrogens with one attached hydrogen (secondary N) is 1. The van der Waals surface area contributed by atoms with Gasteiger partial charge in [0.15, 0.2) is 5.16 Å². The van der Waals surface area contributed by atoms with Gasteiger partial charge in [-0.1, -0.05) is 42.1 Å². The second kappa shape index (κ2) is 7.97. The molecule has 2 aromatic rings. The standard InChI is InChI=1S/C17H21N3O2S/c1-12-11-15(21)20(3)17(19-12)23-13(2)16(22)18-10-9-14-7-5-4-6-8-14/h4-8,11,13H,9-10H2,1-3H3,(H,18,22). The molecule has 122 valence electrons. The van der Waals surface area contributed by atoms with Gasteiger partial charge in [0.05, 0.1) is 5.25 Å². The zero-order valence-corrected chi connectivity index (χ0v) is 14.4. The molecule has 0 saturated heterocycles. The molecule has 0 aliphatic rings. The first-order chi connectivity index (χ1) is 11.0. The number of rotatable bonds is 6. The van der Waals surface area contributed by atoms with Crippen molar-refractivity contribution in [1.29, 1.82) is 0 Å². The Morgan fingerprint density at radius 1 is 1.35 bits per heavy atom. The summed E-state index contributed by atoms with van der Waals surface area (Å²) in [6.07, 6.45) is 0.797. The van der Waals surface area contributed by atoms with Gasteiger partial charge in [0, 0.05) is 25.4 Å². The third-order valence-corrected chi connectivity index (χ3v) is 4.57. The van der Waals surface area contributed by atoms with E-state index in [0.717, 1.165) is 6.42 Å². The van der Waals surface area contributed by atoms with Crippen molar-refractivity contribution in [3.05, 3.63) is 58.0 Å². The fourth-order valence-corrected chi connectivity index (χ4v) is 3.01. The Labute approximate surface area is 140 Å². The highest BCUT2D eigenvalue weighted by molar-refractivity contribution is 8.00. The van der Waals surface area contributed by atoms with Crippen LogP contribution in [0.2, 0.25) is 0 Å². The number of aromatic nitrogens is 2. The first kappa shape index (κ1) is 17.3. The lowest BCUT2D eigenvalue weighted by molar-refractivity contribution is -0.120. The average Bonchev–Trinajstić information content (AvgIpc) is 2.53. The summed E-state index contributed by atoms with van der Waals surface area (Å²) in [6.45, 7) is 4.18. The summed E-state index contributed by atoms with van der Waals surface area (Å²) in [5.74, 6) is -0.0540. The van der Waals surface area contributed by atoms with Crippen molar-refractivity contribution in [3.8, 4) is 0 Å². The van der Waals surface area contributed by atoms with E-state index in [9.17, 15) is 9.59 Å².